The number of benzene rings is 1. The number of alkyl halides is 3. The average Bonchev–Trinajstić information content (AvgIpc) is 2.99. The lowest BCUT2D eigenvalue weighted by molar-refractivity contribution is -0.392. The maximum Gasteiger partial charge on any atom is 0.416 e. The van der Waals surface area contributed by atoms with Crippen LogP contribution in [0.15, 0.2) is 12.1 Å². The molecule has 162 valence electrons. The molecule has 2 amide bonds. The number of hydrogen-bond donors (Lipinski definition) is 1. The maximum atomic E-state index is 13.0. The highest BCUT2D eigenvalue weighted by Crippen LogP contribution is 2.42. The Bertz CT molecular complexity index is 860. The first-order valence-electron chi connectivity index (χ1n) is 9.14. The summed E-state index contributed by atoms with van der Waals surface area (Å²) in [4.78, 5) is 45.4. The number of carbonyl (C=O) groups excluding carboxylic acids is 2. The molecule has 2 fully saturated rings. The smallest absolute Gasteiger partial charge is 0.371 e. The van der Waals surface area contributed by atoms with Crippen LogP contribution in [0.3, 0.4) is 0 Å². The van der Waals surface area contributed by atoms with E-state index in [1.165, 1.54) is 4.90 Å². The van der Waals surface area contributed by atoms with E-state index in [1.54, 1.807) is 0 Å². The molecule has 1 N–H and O–H groups in total. The van der Waals surface area contributed by atoms with Crippen LogP contribution in [-0.2, 0) is 15.8 Å². The number of nitrogens with zero attached hydrogens (tertiary/aromatic N) is 3. The molecule has 1 aliphatic carbocycles. The van der Waals surface area contributed by atoms with E-state index in [0.717, 1.165) is 0 Å². The summed E-state index contributed by atoms with van der Waals surface area (Å²) in [5.41, 5.74) is -4.15. The largest absolute Gasteiger partial charge is 0.416 e. The number of carbonyl (C=O) groups is 2. The van der Waals surface area contributed by atoms with Crippen molar-refractivity contribution in [1.82, 2.24) is 4.90 Å². The summed E-state index contributed by atoms with van der Waals surface area (Å²) in [7, 11) is 0. The van der Waals surface area contributed by atoms with Crippen LogP contribution in [-0.4, -0.2) is 38.6 Å². The molecular weight excluding hydrogens is 413 g/mol. The van der Waals surface area contributed by atoms with Crippen LogP contribution in [0.2, 0.25) is 0 Å². The van der Waals surface area contributed by atoms with Gasteiger partial charge >= 0.3 is 6.18 Å². The Labute approximate surface area is 167 Å². The van der Waals surface area contributed by atoms with E-state index in [1.807, 2.05) is 0 Å². The van der Waals surface area contributed by atoms with Gasteiger partial charge in [-0.3, -0.25) is 34.7 Å². The number of nitrogens with one attached hydrogen (secondary N) is 1. The quantitative estimate of drug-likeness (QED) is 0.430. The highest BCUT2D eigenvalue weighted by atomic mass is 19.4. The normalized spacial score (nSPS) is 22.3. The fraction of sp³-hybridized carbons (Fsp3) is 0.529. The average molecular weight is 430 g/mol. The number of anilines is 1. The fourth-order valence-electron chi connectivity index (χ4n) is 3.89. The molecule has 10 nitrogen and oxygen atoms in total. The third-order valence-corrected chi connectivity index (χ3v) is 5.32. The number of nitro benzene ring substituents is 2. The number of halogens is 3. The number of rotatable bonds is 5. The Kier molecular flexibility index (Phi) is 5.63. The second-order valence-corrected chi connectivity index (χ2v) is 7.21. The molecule has 1 aromatic carbocycles. The van der Waals surface area contributed by atoms with Gasteiger partial charge in [0.05, 0.1) is 15.4 Å². The Balaban J connectivity index is 1.83. The standard InChI is InChI=1S/C17H17F3N4O6/c18-17(19,20)9-7-12(23(27)28)16(13(8-9)24(29)30)21-10-1-3-11(4-2-10)22-14(25)5-6-15(22)26/h7-8,10-11,21H,1-6H2. The molecule has 30 heavy (non-hydrogen) atoms. The fourth-order valence-corrected chi connectivity index (χ4v) is 3.89. The van der Waals surface area contributed by atoms with Gasteiger partial charge in [0, 0.05) is 37.1 Å². The molecule has 0 aromatic heterocycles. The lowest BCUT2D eigenvalue weighted by Crippen LogP contribution is -2.43. The Morgan fingerprint density at radius 1 is 0.933 bits per heavy atom. The summed E-state index contributed by atoms with van der Waals surface area (Å²) in [6, 6.07) is -0.281. The van der Waals surface area contributed by atoms with Crippen LogP contribution >= 0.6 is 0 Å². The van der Waals surface area contributed by atoms with E-state index in [9.17, 15) is 43.0 Å². The van der Waals surface area contributed by atoms with Crippen molar-refractivity contribution in [2.24, 2.45) is 0 Å². The third-order valence-electron chi connectivity index (χ3n) is 5.32. The van der Waals surface area contributed by atoms with Crippen molar-refractivity contribution < 1.29 is 32.6 Å². The van der Waals surface area contributed by atoms with Gasteiger partial charge in [0.15, 0.2) is 5.69 Å². The van der Waals surface area contributed by atoms with Gasteiger partial charge in [-0.25, -0.2) is 0 Å². The predicted octanol–water partition coefficient (Wildman–Crippen LogP) is 3.39. The van der Waals surface area contributed by atoms with Crippen LogP contribution in [0.4, 0.5) is 30.2 Å². The summed E-state index contributed by atoms with van der Waals surface area (Å²) in [6.07, 6.45) is -3.24. The molecular formula is C17H17F3N4O6. The number of nitro groups is 2. The van der Waals surface area contributed by atoms with E-state index < -0.39 is 44.7 Å². The van der Waals surface area contributed by atoms with Gasteiger partial charge in [0.25, 0.3) is 11.4 Å². The van der Waals surface area contributed by atoms with Gasteiger partial charge in [-0.1, -0.05) is 0 Å². The minimum absolute atomic E-state index is 0.154. The second-order valence-electron chi connectivity index (χ2n) is 7.21. The van der Waals surface area contributed by atoms with Crippen LogP contribution in [0.25, 0.3) is 0 Å². The summed E-state index contributed by atoms with van der Waals surface area (Å²) in [5, 5.41) is 25.3. The first-order chi connectivity index (χ1) is 14.0. The first kappa shape index (κ1) is 21.5. The second kappa shape index (κ2) is 7.88. The zero-order valence-electron chi connectivity index (χ0n) is 15.5. The van der Waals surface area contributed by atoms with Crippen LogP contribution in [0.5, 0.6) is 0 Å². The van der Waals surface area contributed by atoms with Crippen LogP contribution < -0.4 is 5.32 Å². The molecule has 13 heteroatoms. The molecule has 0 spiro atoms. The van der Waals surface area contributed by atoms with Crippen molar-refractivity contribution in [2.45, 2.75) is 56.8 Å². The molecule has 0 bridgehead atoms. The Hall–Kier alpha value is -3.25. The van der Waals surface area contributed by atoms with Crippen molar-refractivity contribution in [2.75, 3.05) is 5.32 Å². The van der Waals surface area contributed by atoms with E-state index in [4.69, 9.17) is 0 Å². The van der Waals surface area contributed by atoms with Crippen molar-refractivity contribution in [3.05, 3.63) is 37.9 Å². The summed E-state index contributed by atoms with van der Waals surface area (Å²) >= 11 is 0. The number of hydrogen-bond acceptors (Lipinski definition) is 7. The predicted molar refractivity (Wildman–Crippen MR) is 95.5 cm³/mol. The number of likely N-dealkylation sites (tertiary alicyclic amines) is 1. The lowest BCUT2D eigenvalue weighted by Gasteiger charge is -2.34. The minimum Gasteiger partial charge on any atom is -0.371 e. The molecule has 0 radical (unpaired) electrons. The zero-order chi connectivity index (χ0) is 22.2. The molecule has 0 unspecified atom stereocenters. The highest BCUT2D eigenvalue weighted by Gasteiger charge is 2.40. The first-order valence-corrected chi connectivity index (χ1v) is 9.14. The molecule has 1 aliphatic heterocycles. The van der Waals surface area contributed by atoms with E-state index in [0.29, 0.717) is 25.7 Å². The molecule has 3 rings (SSSR count). The summed E-state index contributed by atoms with van der Waals surface area (Å²) < 4.78 is 39.0. The monoisotopic (exact) mass is 430 g/mol. The van der Waals surface area contributed by atoms with E-state index >= 15 is 0 Å². The molecule has 1 heterocycles. The SMILES string of the molecule is O=C1CCC(=O)N1C1CCC(Nc2c([N+](=O)[O-])cc(C(F)(F)F)cc2[N+](=O)[O-])CC1. The van der Waals surface area contributed by atoms with Gasteiger partial charge in [-0.05, 0) is 25.7 Å². The lowest BCUT2D eigenvalue weighted by atomic mass is 9.90. The molecule has 2 aliphatic rings. The van der Waals surface area contributed by atoms with Crippen molar-refractivity contribution in [1.29, 1.82) is 0 Å². The Morgan fingerprint density at radius 3 is 1.80 bits per heavy atom. The highest BCUT2D eigenvalue weighted by molar-refractivity contribution is 6.02. The zero-order valence-corrected chi connectivity index (χ0v) is 15.5. The number of amides is 2. The molecule has 0 atom stereocenters. The van der Waals surface area contributed by atoms with Gasteiger partial charge in [-0.2, -0.15) is 13.2 Å². The van der Waals surface area contributed by atoms with Gasteiger partial charge < -0.3 is 5.32 Å². The van der Waals surface area contributed by atoms with Crippen molar-refractivity contribution in [3.8, 4) is 0 Å². The number of imide groups is 1. The van der Waals surface area contributed by atoms with Gasteiger partial charge in [0.2, 0.25) is 11.8 Å². The van der Waals surface area contributed by atoms with E-state index in [2.05, 4.69) is 5.32 Å². The molecule has 1 aromatic rings. The third kappa shape index (κ3) is 4.19. The van der Waals surface area contributed by atoms with Crippen molar-refractivity contribution >= 4 is 28.9 Å². The topological polar surface area (TPSA) is 136 Å². The molecule has 1 saturated carbocycles. The van der Waals surface area contributed by atoms with Gasteiger partial charge in [-0.15, -0.1) is 0 Å². The Morgan fingerprint density at radius 2 is 1.40 bits per heavy atom. The maximum absolute atomic E-state index is 13.0. The van der Waals surface area contributed by atoms with Crippen LogP contribution in [0.1, 0.15) is 44.1 Å². The minimum atomic E-state index is -4.99. The van der Waals surface area contributed by atoms with Gasteiger partial charge in [0.1, 0.15) is 0 Å². The van der Waals surface area contributed by atoms with E-state index in [-0.39, 0.29) is 42.8 Å². The van der Waals surface area contributed by atoms with Crippen LogP contribution in [0, 0.1) is 20.2 Å². The molecule has 1 saturated heterocycles. The summed E-state index contributed by atoms with van der Waals surface area (Å²) in [5.74, 6) is -0.518. The summed E-state index contributed by atoms with van der Waals surface area (Å²) in [6.45, 7) is 0. The van der Waals surface area contributed by atoms with Crippen molar-refractivity contribution in [3.63, 3.8) is 0 Å².